The average Bonchev–Trinajstić information content (AvgIpc) is 3.02. The van der Waals surface area contributed by atoms with Crippen molar-refractivity contribution in [3.05, 3.63) is 69.4 Å². The molecule has 3 aromatic rings. The van der Waals surface area contributed by atoms with E-state index in [4.69, 9.17) is 4.74 Å². The highest BCUT2D eigenvalue weighted by molar-refractivity contribution is 7.13. The third-order valence-corrected chi connectivity index (χ3v) is 5.26. The van der Waals surface area contributed by atoms with E-state index < -0.39 is 0 Å². The monoisotopic (exact) mass is 381 g/mol. The second kappa shape index (κ2) is 8.31. The van der Waals surface area contributed by atoms with Gasteiger partial charge in [0.05, 0.1) is 11.9 Å². The smallest absolute Gasteiger partial charge is 0.267 e. The highest BCUT2D eigenvalue weighted by Gasteiger charge is 2.16. The number of rotatable bonds is 6. The molecule has 3 rings (SSSR count). The number of hydrogen-bond acceptors (Lipinski definition) is 5. The molecule has 1 N–H and O–H groups in total. The van der Waals surface area contributed by atoms with Gasteiger partial charge in [-0.25, -0.2) is 4.98 Å². The minimum Gasteiger partial charge on any atom is -0.485 e. The van der Waals surface area contributed by atoms with Crippen molar-refractivity contribution in [2.75, 3.05) is 5.32 Å². The van der Waals surface area contributed by atoms with Gasteiger partial charge in [0.25, 0.3) is 5.91 Å². The number of anilines is 1. The van der Waals surface area contributed by atoms with Crippen molar-refractivity contribution in [2.45, 2.75) is 40.2 Å². The average molecular weight is 382 g/mol. The van der Waals surface area contributed by atoms with Crippen LogP contribution >= 0.6 is 11.3 Å². The van der Waals surface area contributed by atoms with E-state index in [0.29, 0.717) is 28.8 Å². The van der Waals surface area contributed by atoms with Crippen molar-refractivity contribution in [1.82, 2.24) is 9.97 Å². The Hall–Kier alpha value is -2.73. The summed E-state index contributed by atoms with van der Waals surface area (Å²) >= 11 is 1.35. The number of ether oxygens (including phenoxy) is 1. The summed E-state index contributed by atoms with van der Waals surface area (Å²) in [5.74, 6) is 1.00. The summed E-state index contributed by atoms with van der Waals surface area (Å²) in [6.07, 6.45) is 1.68. The predicted octanol–water partition coefficient (Wildman–Crippen LogP) is 5.11. The number of hydrogen-bond donors (Lipinski definition) is 1. The molecular weight excluding hydrogens is 358 g/mol. The van der Waals surface area contributed by atoms with E-state index in [-0.39, 0.29) is 5.91 Å². The molecular formula is C21H23N3O2S. The van der Waals surface area contributed by atoms with Gasteiger partial charge in [0.2, 0.25) is 0 Å². The van der Waals surface area contributed by atoms with Gasteiger partial charge in [0.1, 0.15) is 22.2 Å². The lowest BCUT2D eigenvalue weighted by Crippen LogP contribution is -2.11. The van der Waals surface area contributed by atoms with Gasteiger partial charge in [-0.1, -0.05) is 26.0 Å². The fourth-order valence-corrected chi connectivity index (χ4v) is 3.42. The molecule has 0 aliphatic carbocycles. The molecule has 140 valence electrons. The molecule has 2 heterocycles. The van der Waals surface area contributed by atoms with Crippen molar-refractivity contribution in [3.8, 4) is 5.75 Å². The lowest BCUT2D eigenvalue weighted by atomic mass is 10.0. The van der Waals surface area contributed by atoms with Crippen LogP contribution in [0.2, 0.25) is 0 Å². The summed E-state index contributed by atoms with van der Waals surface area (Å²) in [4.78, 5) is 21.8. The number of benzene rings is 1. The summed E-state index contributed by atoms with van der Waals surface area (Å²) in [7, 11) is 0. The van der Waals surface area contributed by atoms with Crippen molar-refractivity contribution < 1.29 is 9.53 Å². The van der Waals surface area contributed by atoms with Crippen LogP contribution in [0.15, 0.2) is 42.6 Å². The normalized spacial score (nSPS) is 10.9. The molecule has 6 heteroatoms. The second-order valence-corrected chi connectivity index (χ2v) is 7.76. The zero-order valence-electron chi connectivity index (χ0n) is 15.9. The van der Waals surface area contributed by atoms with E-state index in [1.165, 1.54) is 16.9 Å². The maximum absolute atomic E-state index is 12.6. The van der Waals surface area contributed by atoms with Crippen LogP contribution in [0.5, 0.6) is 5.75 Å². The van der Waals surface area contributed by atoms with Crippen LogP contribution in [0.3, 0.4) is 0 Å². The first kappa shape index (κ1) is 19.0. The largest absolute Gasteiger partial charge is 0.485 e. The zero-order chi connectivity index (χ0) is 19.4. The number of carbonyl (C=O) groups excluding carboxylic acids is 1. The first-order valence-electron chi connectivity index (χ1n) is 8.85. The molecule has 27 heavy (non-hydrogen) atoms. The van der Waals surface area contributed by atoms with Crippen molar-refractivity contribution in [2.24, 2.45) is 0 Å². The fraction of sp³-hybridized carbons (Fsp3) is 0.286. The van der Waals surface area contributed by atoms with Gasteiger partial charge in [-0.15, -0.1) is 11.3 Å². The molecule has 0 bridgehead atoms. The number of pyridine rings is 1. The number of carbonyl (C=O) groups is 1. The van der Waals surface area contributed by atoms with Crippen LogP contribution in [0.1, 0.15) is 51.4 Å². The van der Waals surface area contributed by atoms with Crippen LogP contribution in [0, 0.1) is 13.8 Å². The molecule has 1 aromatic carbocycles. The molecule has 5 nitrogen and oxygen atoms in total. The Balaban J connectivity index is 1.64. The van der Waals surface area contributed by atoms with Gasteiger partial charge in [-0.3, -0.25) is 9.78 Å². The minimum absolute atomic E-state index is 0.148. The molecule has 2 aromatic heterocycles. The van der Waals surface area contributed by atoms with Gasteiger partial charge < -0.3 is 10.1 Å². The van der Waals surface area contributed by atoms with Gasteiger partial charge in [-0.05, 0) is 49.6 Å². The Morgan fingerprint density at radius 3 is 2.52 bits per heavy atom. The standard InChI is InChI=1S/C21H23N3O2S/c1-13(2)16-6-8-17(9-7-16)24-21(25)20-15(4)23-19(27-20)12-26-18-10-5-14(3)22-11-18/h5-11,13H,12H2,1-4H3,(H,24,25). The number of thiazole rings is 1. The molecule has 0 radical (unpaired) electrons. The lowest BCUT2D eigenvalue weighted by Gasteiger charge is -2.08. The molecule has 0 saturated carbocycles. The van der Waals surface area contributed by atoms with E-state index in [2.05, 4.69) is 29.1 Å². The third kappa shape index (κ3) is 4.92. The van der Waals surface area contributed by atoms with E-state index in [9.17, 15) is 4.79 Å². The number of amides is 1. The number of nitrogens with one attached hydrogen (secondary N) is 1. The van der Waals surface area contributed by atoms with Crippen molar-refractivity contribution in [3.63, 3.8) is 0 Å². The quantitative estimate of drug-likeness (QED) is 0.644. The second-order valence-electron chi connectivity index (χ2n) is 6.68. The van der Waals surface area contributed by atoms with E-state index in [0.717, 1.165) is 16.4 Å². The Kier molecular flexibility index (Phi) is 5.86. The predicted molar refractivity (Wildman–Crippen MR) is 109 cm³/mol. The Bertz CT molecular complexity index is 916. The summed E-state index contributed by atoms with van der Waals surface area (Å²) in [6, 6.07) is 11.7. The number of aromatic nitrogens is 2. The van der Waals surface area contributed by atoms with Crippen LogP contribution in [0.25, 0.3) is 0 Å². The van der Waals surface area contributed by atoms with Gasteiger partial charge in [-0.2, -0.15) is 0 Å². The third-order valence-electron chi connectivity index (χ3n) is 4.13. The zero-order valence-corrected chi connectivity index (χ0v) is 16.8. The van der Waals surface area contributed by atoms with Gasteiger partial charge in [0, 0.05) is 11.4 Å². The SMILES string of the molecule is Cc1ccc(OCc2nc(C)c(C(=O)Nc3ccc(C(C)C)cc3)s2)cn1. The molecule has 0 spiro atoms. The molecule has 0 saturated heterocycles. The summed E-state index contributed by atoms with van der Waals surface area (Å²) < 4.78 is 5.70. The number of aryl methyl sites for hydroxylation is 2. The maximum Gasteiger partial charge on any atom is 0.267 e. The fourth-order valence-electron chi connectivity index (χ4n) is 2.55. The molecule has 0 fully saturated rings. The van der Waals surface area contributed by atoms with Crippen molar-refractivity contribution in [1.29, 1.82) is 0 Å². The molecule has 1 amide bonds. The topological polar surface area (TPSA) is 64.1 Å². The molecule has 0 atom stereocenters. The van der Waals surface area contributed by atoms with Gasteiger partial charge in [0.15, 0.2) is 0 Å². The first-order chi connectivity index (χ1) is 12.9. The van der Waals surface area contributed by atoms with Crippen LogP contribution < -0.4 is 10.1 Å². The van der Waals surface area contributed by atoms with E-state index >= 15 is 0 Å². The van der Waals surface area contributed by atoms with Crippen LogP contribution in [-0.4, -0.2) is 15.9 Å². The lowest BCUT2D eigenvalue weighted by molar-refractivity contribution is 0.103. The Morgan fingerprint density at radius 1 is 1.15 bits per heavy atom. The highest BCUT2D eigenvalue weighted by Crippen LogP contribution is 2.22. The minimum atomic E-state index is -0.148. The molecule has 0 unspecified atom stereocenters. The van der Waals surface area contributed by atoms with E-state index in [1.54, 1.807) is 6.20 Å². The Morgan fingerprint density at radius 2 is 1.89 bits per heavy atom. The molecule has 0 aliphatic heterocycles. The van der Waals surface area contributed by atoms with Crippen LogP contribution in [0.4, 0.5) is 5.69 Å². The van der Waals surface area contributed by atoms with Gasteiger partial charge >= 0.3 is 0 Å². The summed E-state index contributed by atoms with van der Waals surface area (Å²) in [5.41, 5.74) is 3.66. The molecule has 0 aliphatic rings. The maximum atomic E-state index is 12.6. The van der Waals surface area contributed by atoms with Crippen LogP contribution in [-0.2, 0) is 6.61 Å². The first-order valence-corrected chi connectivity index (χ1v) is 9.67. The summed E-state index contributed by atoms with van der Waals surface area (Å²) in [6.45, 7) is 8.36. The number of nitrogens with zero attached hydrogens (tertiary/aromatic N) is 2. The highest BCUT2D eigenvalue weighted by atomic mass is 32.1. The van der Waals surface area contributed by atoms with Crippen molar-refractivity contribution >= 4 is 22.9 Å². The Labute approximate surface area is 163 Å². The summed E-state index contributed by atoms with van der Waals surface area (Å²) in [5, 5.41) is 3.70. The van der Waals surface area contributed by atoms with E-state index in [1.807, 2.05) is 50.2 Å².